The molecule has 0 aliphatic carbocycles. The summed E-state index contributed by atoms with van der Waals surface area (Å²) in [6, 6.07) is 15.0. The Balaban J connectivity index is 1.78. The van der Waals surface area contributed by atoms with Crippen molar-refractivity contribution in [2.75, 3.05) is 12.3 Å². The molecule has 1 fully saturated rings. The first kappa shape index (κ1) is 13.1. The van der Waals surface area contributed by atoms with Gasteiger partial charge in [0, 0.05) is 24.5 Å². The van der Waals surface area contributed by atoms with Gasteiger partial charge >= 0.3 is 0 Å². The molecule has 2 heterocycles. The fourth-order valence-corrected chi connectivity index (χ4v) is 2.98. The maximum absolute atomic E-state index is 5.79. The molecule has 104 valence electrons. The van der Waals surface area contributed by atoms with Crippen LogP contribution >= 0.6 is 0 Å². The minimum absolute atomic E-state index is 0.492. The van der Waals surface area contributed by atoms with Gasteiger partial charge in [0.05, 0.1) is 5.69 Å². The summed E-state index contributed by atoms with van der Waals surface area (Å²) in [5, 5.41) is 0. The quantitative estimate of drug-likeness (QED) is 0.867. The second-order valence-corrected chi connectivity index (χ2v) is 5.47. The zero-order valence-corrected chi connectivity index (χ0v) is 11.7. The van der Waals surface area contributed by atoms with Crippen molar-refractivity contribution >= 4 is 5.69 Å². The lowest BCUT2D eigenvalue weighted by Gasteiger charge is -2.35. The second-order valence-electron chi connectivity index (χ2n) is 5.47. The van der Waals surface area contributed by atoms with E-state index >= 15 is 0 Å². The molecule has 1 aromatic carbocycles. The predicted molar refractivity (Wildman–Crippen MR) is 82.1 cm³/mol. The highest BCUT2D eigenvalue weighted by atomic mass is 15.2. The van der Waals surface area contributed by atoms with Crippen LogP contribution in [-0.2, 0) is 6.54 Å². The summed E-state index contributed by atoms with van der Waals surface area (Å²) >= 11 is 0. The predicted octanol–water partition coefficient (Wildman–Crippen LogP) is 3.39. The third kappa shape index (κ3) is 2.99. The number of rotatable bonds is 3. The summed E-state index contributed by atoms with van der Waals surface area (Å²) in [7, 11) is 0. The van der Waals surface area contributed by atoms with Crippen LogP contribution in [0.4, 0.5) is 5.69 Å². The Bertz CT molecular complexity index is 536. The molecular formula is C17H21N3. The van der Waals surface area contributed by atoms with Crippen LogP contribution in [0.5, 0.6) is 0 Å². The molecule has 1 unspecified atom stereocenters. The Kier molecular flexibility index (Phi) is 3.97. The zero-order chi connectivity index (χ0) is 13.8. The molecule has 0 radical (unpaired) electrons. The summed E-state index contributed by atoms with van der Waals surface area (Å²) in [6.07, 6.45) is 5.67. The van der Waals surface area contributed by atoms with E-state index in [-0.39, 0.29) is 0 Å². The highest BCUT2D eigenvalue weighted by Gasteiger charge is 2.24. The van der Waals surface area contributed by atoms with E-state index in [0.29, 0.717) is 6.04 Å². The number of benzene rings is 1. The van der Waals surface area contributed by atoms with E-state index in [0.717, 1.165) is 24.5 Å². The van der Waals surface area contributed by atoms with Crippen molar-refractivity contribution in [3.8, 4) is 0 Å². The molecule has 0 saturated carbocycles. The van der Waals surface area contributed by atoms with Crippen molar-refractivity contribution in [1.82, 2.24) is 9.88 Å². The lowest BCUT2D eigenvalue weighted by molar-refractivity contribution is 0.139. The van der Waals surface area contributed by atoms with Crippen molar-refractivity contribution < 1.29 is 0 Å². The molecule has 20 heavy (non-hydrogen) atoms. The lowest BCUT2D eigenvalue weighted by Crippen LogP contribution is -2.33. The van der Waals surface area contributed by atoms with Crippen LogP contribution in [-0.4, -0.2) is 16.4 Å². The number of hydrogen-bond acceptors (Lipinski definition) is 3. The molecule has 1 atom stereocenters. The average molecular weight is 267 g/mol. The summed E-state index contributed by atoms with van der Waals surface area (Å²) in [5.41, 5.74) is 9.14. The molecule has 1 aromatic heterocycles. The molecule has 1 saturated heterocycles. The van der Waals surface area contributed by atoms with E-state index in [1.165, 1.54) is 24.8 Å². The topological polar surface area (TPSA) is 42.1 Å². The SMILES string of the molecule is Nc1ccc(C2CCCCN2Cc2ccccn2)cc1. The van der Waals surface area contributed by atoms with Gasteiger partial charge in [0.15, 0.2) is 0 Å². The second kappa shape index (κ2) is 6.06. The van der Waals surface area contributed by atoms with E-state index < -0.39 is 0 Å². The van der Waals surface area contributed by atoms with Crippen LogP contribution in [0.2, 0.25) is 0 Å². The number of pyridine rings is 1. The Morgan fingerprint density at radius 2 is 1.95 bits per heavy atom. The Hall–Kier alpha value is -1.87. The van der Waals surface area contributed by atoms with Gasteiger partial charge < -0.3 is 5.73 Å². The van der Waals surface area contributed by atoms with E-state index in [9.17, 15) is 0 Å². The van der Waals surface area contributed by atoms with Crippen LogP contribution in [0.15, 0.2) is 48.7 Å². The van der Waals surface area contributed by atoms with E-state index in [1.54, 1.807) is 0 Å². The highest BCUT2D eigenvalue weighted by Crippen LogP contribution is 2.32. The van der Waals surface area contributed by atoms with Gasteiger partial charge in [0.25, 0.3) is 0 Å². The van der Waals surface area contributed by atoms with Crippen LogP contribution in [0.1, 0.15) is 36.6 Å². The van der Waals surface area contributed by atoms with Gasteiger partial charge in [-0.25, -0.2) is 0 Å². The molecule has 0 bridgehead atoms. The van der Waals surface area contributed by atoms with Gasteiger partial charge in [0.1, 0.15) is 0 Å². The Morgan fingerprint density at radius 3 is 2.70 bits per heavy atom. The lowest BCUT2D eigenvalue weighted by atomic mass is 9.95. The first-order valence-corrected chi connectivity index (χ1v) is 7.32. The Labute approximate surface area is 120 Å². The third-order valence-electron chi connectivity index (χ3n) is 4.03. The summed E-state index contributed by atoms with van der Waals surface area (Å²) in [5.74, 6) is 0. The zero-order valence-electron chi connectivity index (χ0n) is 11.7. The number of anilines is 1. The maximum atomic E-state index is 5.79. The molecule has 1 aliphatic rings. The minimum Gasteiger partial charge on any atom is -0.399 e. The number of likely N-dealkylation sites (tertiary alicyclic amines) is 1. The number of hydrogen-bond donors (Lipinski definition) is 1. The standard InChI is InChI=1S/C17H21N3/c18-15-9-7-14(8-10-15)17-6-2-4-12-20(17)13-16-5-1-3-11-19-16/h1,3,5,7-11,17H,2,4,6,12-13,18H2. The molecular weight excluding hydrogens is 246 g/mol. The van der Waals surface area contributed by atoms with Crippen LogP contribution in [0, 0.1) is 0 Å². The molecule has 3 heteroatoms. The van der Waals surface area contributed by atoms with Gasteiger partial charge in [-0.2, -0.15) is 0 Å². The Morgan fingerprint density at radius 1 is 1.10 bits per heavy atom. The molecule has 2 N–H and O–H groups in total. The van der Waals surface area contributed by atoms with Crippen molar-refractivity contribution in [2.24, 2.45) is 0 Å². The smallest absolute Gasteiger partial charge is 0.0544 e. The average Bonchev–Trinajstić information content (AvgIpc) is 2.50. The number of nitrogens with zero attached hydrogens (tertiary/aromatic N) is 2. The van der Waals surface area contributed by atoms with Crippen LogP contribution in [0.25, 0.3) is 0 Å². The summed E-state index contributed by atoms with van der Waals surface area (Å²) in [4.78, 5) is 6.99. The maximum Gasteiger partial charge on any atom is 0.0544 e. The van der Waals surface area contributed by atoms with Crippen molar-refractivity contribution in [3.05, 3.63) is 59.9 Å². The molecule has 2 aromatic rings. The van der Waals surface area contributed by atoms with Crippen LogP contribution in [0.3, 0.4) is 0 Å². The number of nitrogen functional groups attached to an aromatic ring is 1. The van der Waals surface area contributed by atoms with Crippen molar-refractivity contribution in [3.63, 3.8) is 0 Å². The number of piperidine rings is 1. The van der Waals surface area contributed by atoms with Crippen molar-refractivity contribution in [1.29, 1.82) is 0 Å². The normalized spacial score (nSPS) is 19.9. The fourth-order valence-electron chi connectivity index (χ4n) is 2.98. The van der Waals surface area contributed by atoms with Crippen LogP contribution < -0.4 is 5.73 Å². The summed E-state index contributed by atoms with van der Waals surface area (Å²) < 4.78 is 0. The van der Waals surface area contributed by atoms with Gasteiger partial charge in [-0.05, 0) is 49.2 Å². The highest BCUT2D eigenvalue weighted by molar-refractivity contribution is 5.40. The van der Waals surface area contributed by atoms with E-state index in [1.807, 2.05) is 24.4 Å². The van der Waals surface area contributed by atoms with Gasteiger partial charge in [-0.1, -0.05) is 24.6 Å². The molecule has 0 spiro atoms. The van der Waals surface area contributed by atoms with Gasteiger partial charge in [0.2, 0.25) is 0 Å². The fraction of sp³-hybridized carbons (Fsp3) is 0.353. The van der Waals surface area contributed by atoms with E-state index in [2.05, 4.69) is 34.1 Å². The third-order valence-corrected chi connectivity index (χ3v) is 4.03. The molecule has 1 aliphatic heterocycles. The van der Waals surface area contributed by atoms with Crippen molar-refractivity contribution in [2.45, 2.75) is 31.8 Å². The summed E-state index contributed by atoms with van der Waals surface area (Å²) in [6.45, 7) is 2.07. The molecule has 3 nitrogen and oxygen atoms in total. The van der Waals surface area contributed by atoms with Gasteiger partial charge in [-0.3, -0.25) is 9.88 Å². The minimum atomic E-state index is 0.492. The number of aromatic nitrogens is 1. The van der Waals surface area contributed by atoms with Gasteiger partial charge in [-0.15, -0.1) is 0 Å². The molecule has 0 amide bonds. The largest absolute Gasteiger partial charge is 0.399 e. The first-order chi connectivity index (χ1) is 9.83. The number of nitrogens with two attached hydrogens (primary N) is 1. The van der Waals surface area contributed by atoms with E-state index in [4.69, 9.17) is 5.73 Å². The molecule has 3 rings (SSSR count). The monoisotopic (exact) mass is 267 g/mol. The first-order valence-electron chi connectivity index (χ1n) is 7.32.